The van der Waals surface area contributed by atoms with E-state index in [1.54, 1.807) is 18.3 Å². The molecule has 0 radical (unpaired) electrons. The van der Waals surface area contributed by atoms with Gasteiger partial charge in [0.15, 0.2) is 0 Å². The van der Waals surface area contributed by atoms with E-state index >= 15 is 0 Å². The smallest absolute Gasteiger partial charge is 0.253 e. The van der Waals surface area contributed by atoms with E-state index in [2.05, 4.69) is 20.6 Å². The fourth-order valence-electron chi connectivity index (χ4n) is 1.83. The average Bonchev–Trinajstić information content (AvgIpc) is 2.52. The Kier molecular flexibility index (Phi) is 5.20. The summed E-state index contributed by atoms with van der Waals surface area (Å²) in [6, 6.07) is 6.16. The molecular weight excluding hydrogens is 271 g/mol. The summed E-state index contributed by atoms with van der Waals surface area (Å²) in [5.74, 6) is -0.773. The minimum absolute atomic E-state index is 0.236. The fraction of sp³-hybridized carbons (Fsp3) is 0.267. The van der Waals surface area contributed by atoms with E-state index in [9.17, 15) is 9.18 Å². The van der Waals surface area contributed by atoms with Crippen LogP contribution in [-0.2, 0) is 6.54 Å². The number of benzene rings is 1. The second kappa shape index (κ2) is 7.33. The average molecular weight is 288 g/mol. The topological polar surface area (TPSA) is 66.9 Å². The van der Waals surface area contributed by atoms with Gasteiger partial charge in [-0.25, -0.2) is 14.4 Å². The van der Waals surface area contributed by atoms with E-state index in [0.29, 0.717) is 12.2 Å². The standard InChI is InChI=1S/C15H17FN4O/c1-2-7-18-14-12(4-3-5-13(14)16)15(21)19-9-11-6-8-17-10-20-11/h3-6,8,10,18H,2,7,9H2,1H3,(H,19,21). The van der Waals surface area contributed by atoms with Gasteiger partial charge in [-0.1, -0.05) is 13.0 Å². The minimum atomic E-state index is -0.432. The number of nitrogens with zero attached hydrogens (tertiary/aromatic N) is 2. The Morgan fingerprint density at radius 2 is 2.19 bits per heavy atom. The van der Waals surface area contributed by atoms with E-state index < -0.39 is 5.82 Å². The third-order valence-corrected chi connectivity index (χ3v) is 2.88. The van der Waals surface area contributed by atoms with Crippen molar-refractivity contribution >= 4 is 11.6 Å². The number of hydrogen-bond donors (Lipinski definition) is 2. The highest BCUT2D eigenvalue weighted by Gasteiger charge is 2.14. The van der Waals surface area contributed by atoms with Crippen LogP contribution in [0.15, 0.2) is 36.8 Å². The summed E-state index contributed by atoms with van der Waals surface area (Å²) in [4.78, 5) is 20.0. The number of anilines is 1. The predicted octanol–water partition coefficient (Wildman–Crippen LogP) is 2.37. The largest absolute Gasteiger partial charge is 0.382 e. The van der Waals surface area contributed by atoms with Gasteiger partial charge in [0, 0.05) is 12.7 Å². The quantitative estimate of drug-likeness (QED) is 0.856. The Labute approximate surface area is 122 Å². The van der Waals surface area contributed by atoms with E-state index in [-0.39, 0.29) is 23.7 Å². The molecule has 110 valence electrons. The Morgan fingerprint density at radius 3 is 2.90 bits per heavy atom. The predicted molar refractivity (Wildman–Crippen MR) is 78.4 cm³/mol. The fourth-order valence-corrected chi connectivity index (χ4v) is 1.83. The second-order valence-corrected chi connectivity index (χ2v) is 4.47. The van der Waals surface area contributed by atoms with Crippen molar-refractivity contribution in [1.29, 1.82) is 0 Å². The van der Waals surface area contributed by atoms with E-state index in [4.69, 9.17) is 0 Å². The molecule has 21 heavy (non-hydrogen) atoms. The summed E-state index contributed by atoms with van der Waals surface area (Å²) >= 11 is 0. The van der Waals surface area contributed by atoms with Crippen molar-refractivity contribution < 1.29 is 9.18 Å². The zero-order chi connectivity index (χ0) is 15.1. The van der Waals surface area contributed by atoms with E-state index in [0.717, 1.165) is 6.42 Å². The van der Waals surface area contributed by atoms with Crippen molar-refractivity contribution in [3.05, 3.63) is 53.9 Å². The maximum absolute atomic E-state index is 13.8. The van der Waals surface area contributed by atoms with Gasteiger partial charge in [-0.05, 0) is 24.6 Å². The molecule has 0 saturated heterocycles. The maximum atomic E-state index is 13.8. The van der Waals surface area contributed by atoms with Gasteiger partial charge in [0.25, 0.3) is 5.91 Å². The molecular formula is C15H17FN4O. The number of para-hydroxylation sites is 1. The molecule has 1 aromatic heterocycles. The highest BCUT2D eigenvalue weighted by atomic mass is 19.1. The SMILES string of the molecule is CCCNc1c(F)cccc1C(=O)NCc1ccncn1. The molecule has 5 nitrogen and oxygen atoms in total. The summed E-state index contributed by atoms with van der Waals surface area (Å²) in [7, 11) is 0. The Balaban J connectivity index is 2.09. The number of rotatable bonds is 6. The van der Waals surface area contributed by atoms with Crippen LogP contribution in [0.2, 0.25) is 0 Å². The monoisotopic (exact) mass is 288 g/mol. The molecule has 0 aliphatic heterocycles. The number of carbonyl (C=O) groups excluding carboxylic acids is 1. The van der Waals surface area contributed by atoms with Crippen LogP contribution in [0.1, 0.15) is 29.4 Å². The molecule has 2 rings (SSSR count). The Morgan fingerprint density at radius 1 is 1.33 bits per heavy atom. The van der Waals surface area contributed by atoms with Crippen molar-refractivity contribution in [3.63, 3.8) is 0 Å². The summed E-state index contributed by atoms with van der Waals surface area (Å²) in [6.45, 7) is 2.85. The van der Waals surface area contributed by atoms with Crippen molar-refractivity contribution in [2.45, 2.75) is 19.9 Å². The molecule has 0 atom stereocenters. The molecule has 1 amide bonds. The van der Waals surface area contributed by atoms with Gasteiger partial charge >= 0.3 is 0 Å². The van der Waals surface area contributed by atoms with Crippen LogP contribution >= 0.6 is 0 Å². The van der Waals surface area contributed by atoms with Gasteiger partial charge in [0.2, 0.25) is 0 Å². The van der Waals surface area contributed by atoms with Crippen molar-refractivity contribution in [1.82, 2.24) is 15.3 Å². The van der Waals surface area contributed by atoms with Crippen LogP contribution < -0.4 is 10.6 Å². The first-order chi connectivity index (χ1) is 10.2. The normalized spacial score (nSPS) is 10.2. The Bertz CT molecular complexity index is 604. The summed E-state index contributed by atoms with van der Waals surface area (Å²) in [6.07, 6.45) is 3.86. The first-order valence-corrected chi connectivity index (χ1v) is 6.78. The zero-order valence-electron chi connectivity index (χ0n) is 11.8. The van der Waals surface area contributed by atoms with Gasteiger partial charge in [0.1, 0.15) is 12.1 Å². The number of carbonyl (C=O) groups is 1. The number of halogens is 1. The molecule has 1 aromatic carbocycles. The first kappa shape index (κ1) is 14.9. The van der Waals surface area contributed by atoms with Crippen LogP contribution in [0.3, 0.4) is 0 Å². The molecule has 6 heteroatoms. The van der Waals surface area contributed by atoms with E-state index in [1.165, 1.54) is 18.5 Å². The van der Waals surface area contributed by atoms with Crippen LogP contribution in [0.5, 0.6) is 0 Å². The lowest BCUT2D eigenvalue weighted by Gasteiger charge is -2.12. The van der Waals surface area contributed by atoms with Crippen LogP contribution in [0, 0.1) is 5.82 Å². The second-order valence-electron chi connectivity index (χ2n) is 4.47. The maximum Gasteiger partial charge on any atom is 0.253 e. The van der Waals surface area contributed by atoms with Crippen molar-refractivity contribution in [3.8, 4) is 0 Å². The number of amides is 1. The van der Waals surface area contributed by atoms with Crippen LogP contribution in [0.25, 0.3) is 0 Å². The lowest BCUT2D eigenvalue weighted by atomic mass is 10.1. The van der Waals surface area contributed by atoms with Gasteiger partial charge in [-0.2, -0.15) is 0 Å². The molecule has 0 unspecified atom stereocenters. The molecule has 0 fully saturated rings. The highest BCUT2D eigenvalue weighted by molar-refractivity contribution is 5.99. The lowest BCUT2D eigenvalue weighted by Crippen LogP contribution is -2.25. The molecule has 0 spiro atoms. The summed E-state index contributed by atoms with van der Waals surface area (Å²) < 4.78 is 13.8. The van der Waals surface area contributed by atoms with E-state index in [1.807, 2.05) is 6.92 Å². The minimum Gasteiger partial charge on any atom is -0.382 e. The molecule has 0 aliphatic carbocycles. The van der Waals surface area contributed by atoms with Crippen LogP contribution in [-0.4, -0.2) is 22.4 Å². The summed E-state index contributed by atoms with van der Waals surface area (Å²) in [5.41, 5.74) is 1.22. The van der Waals surface area contributed by atoms with Gasteiger partial charge in [0.05, 0.1) is 23.5 Å². The van der Waals surface area contributed by atoms with Gasteiger partial charge in [-0.3, -0.25) is 4.79 Å². The first-order valence-electron chi connectivity index (χ1n) is 6.78. The zero-order valence-corrected chi connectivity index (χ0v) is 11.8. The van der Waals surface area contributed by atoms with Crippen LogP contribution in [0.4, 0.5) is 10.1 Å². The van der Waals surface area contributed by atoms with Crippen molar-refractivity contribution in [2.75, 3.05) is 11.9 Å². The highest BCUT2D eigenvalue weighted by Crippen LogP contribution is 2.19. The molecule has 2 N–H and O–H groups in total. The van der Waals surface area contributed by atoms with Gasteiger partial charge in [-0.15, -0.1) is 0 Å². The van der Waals surface area contributed by atoms with Crippen molar-refractivity contribution in [2.24, 2.45) is 0 Å². The summed E-state index contributed by atoms with van der Waals surface area (Å²) in [5, 5.41) is 5.67. The van der Waals surface area contributed by atoms with Gasteiger partial charge < -0.3 is 10.6 Å². The third kappa shape index (κ3) is 3.98. The number of aromatic nitrogens is 2. The lowest BCUT2D eigenvalue weighted by molar-refractivity contribution is 0.0951. The number of nitrogens with one attached hydrogen (secondary N) is 2. The molecule has 0 bridgehead atoms. The molecule has 0 saturated carbocycles. The molecule has 1 heterocycles. The third-order valence-electron chi connectivity index (χ3n) is 2.88. The molecule has 0 aliphatic rings. The Hall–Kier alpha value is -2.50. The number of hydrogen-bond acceptors (Lipinski definition) is 4. The molecule has 2 aromatic rings.